The molecule has 4 nitrogen and oxygen atoms in total. The molecule has 0 saturated heterocycles. The number of halogens is 2. The third kappa shape index (κ3) is 3.78. The molecule has 0 fully saturated rings. The molecule has 1 aromatic rings. The Morgan fingerprint density at radius 1 is 1.42 bits per heavy atom. The average Bonchev–Trinajstić information content (AvgIpc) is 2.41. The minimum absolute atomic E-state index is 0.187. The minimum atomic E-state index is -0.782. The smallest absolute Gasteiger partial charge is 0.329 e. The maximum atomic E-state index is 12.2. The maximum absolute atomic E-state index is 12.2. The van der Waals surface area contributed by atoms with Gasteiger partial charge >= 0.3 is 5.97 Å². The molecule has 0 aliphatic rings. The molecule has 1 rings (SSSR count). The van der Waals surface area contributed by atoms with Crippen molar-refractivity contribution < 1.29 is 14.3 Å². The fraction of sp³-hybridized carbons (Fsp3) is 0.333. The zero-order chi connectivity index (χ0) is 14.6. The molecule has 0 bridgehead atoms. The number of esters is 1. The standard InChI is InChI=1S/C12H13Cl2NO3S/c1-3-10(12(17)18-2)15(19)11(16)8-6-7(13)4-5-9(8)14/h4-6,10,19H,3H2,1-2H3/t10-/m0/s1. The number of nitrogens with zero attached hydrogens (tertiary/aromatic N) is 1. The van der Waals surface area contributed by atoms with Gasteiger partial charge in [-0.25, -0.2) is 4.79 Å². The first-order chi connectivity index (χ1) is 8.92. The molecule has 0 spiro atoms. The molecule has 0 aliphatic heterocycles. The van der Waals surface area contributed by atoms with E-state index in [0.717, 1.165) is 4.31 Å². The van der Waals surface area contributed by atoms with Crippen LogP contribution < -0.4 is 0 Å². The van der Waals surface area contributed by atoms with E-state index >= 15 is 0 Å². The molecule has 0 saturated carbocycles. The largest absolute Gasteiger partial charge is 0.467 e. The van der Waals surface area contributed by atoms with Gasteiger partial charge in [0, 0.05) is 5.02 Å². The Balaban J connectivity index is 3.04. The van der Waals surface area contributed by atoms with Crippen LogP contribution in [0.15, 0.2) is 18.2 Å². The van der Waals surface area contributed by atoms with E-state index in [0.29, 0.717) is 11.4 Å². The first-order valence-corrected chi connectivity index (χ1v) is 6.63. The van der Waals surface area contributed by atoms with Crippen molar-refractivity contribution in [2.75, 3.05) is 7.11 Å². The van der Waals surface area contributed by atoms with E-state index < -0.39 is 17.9 Å². The zero-order valence-electron chi connectivity index (χ0n) is 10.4. The van der Waals surface area contributed by atoms with Crippen molar-refractivity contribution in [3.8, 4) is 0 Å². The van der Waals surface area contributed by atoms with E-state index in [2.05, 4.69) is 17.6 Å². The van der Waals surface area contributed by atoms with Crippen LogP contribution in [-0.2, 0) is 9.53 Å². The number of hydrogen-bond donors (Lipinski definition) is 1. The minimum Gasteiger partial charge on any atom is -0.467 e. The van der Waals surface area contributed by atoms with E-state index in [1.54, 1.807) is 13.0 Å². The van der Waals surface area contributed by atoms with Crippen LogP contribution in [0.4, 0.5) is 0 Å². The summed E-state index contributed by atoms with van der Waals surface area (Å²) < 4.78 is 5.63. The van der Waals surface area contributed by atoms with Crippen LogP contribution in [0.1, 0.15) is 23.7 Å². The zero-order valence-corrected chi connectivity index (χ0v) is 12.8. The van der Waals surface area contributed by atoms with E-state index in [1.807, 2.05) is 0 Å². The Hall–Kier alpha value is -0.910. The highest BCUT2D eigenvalue weighted by atomic mass is 35.5. The highest BCUT2D eigenvalue weighted by Gasteiger charge is 2.28. The Labute approximate surface area is 127 Å². The highest BCUT2D eigenvalue weighted by Crippen LogP contribution is 2.24. The van der Waals surface area contributed by atoms with Crippen LogP contribution in [0.3, 0.4) is 0 Å². The molecule has 1 atom stereocenters. The summed E-state index contributed by atoms with van der Waals surface area (Å²) in [6, 6.07) is 3.73. The Kier molecular flexibility index (Phi) is 5.97. The lowest BCUT2D eigenvalue weighted by atomic mass is 10.1. The van der Waals surface area contributed by atoms with Gasteiger partial charge < -0.3 is 4.74 Å². The van der Waals surface area contributed by atoms with Crippen LogP contribution in [0, 0.1) is 0 Å². The second-order valence-corrected chi connectivity index (χ2v) is 5.00. The van der Waals surface area contributed by atoms with Crippen LogP contribution in [0.2, 0.25) is 10.0 Å². The molecule has 0 aromatic heterocycles. The van der Waals surface area contributed by atoms with Crippen molar-refractivity contribution in [1.82, 2.24) is 4.31 Å². The number of thiol groups is 1. The third-order valence-corrected chi connectivity index (χ3v) is 3.55. The van der Waals surface area contributed by atoms with Crippen LogP contribution in [-0.4, -0.2) is 29.3 Å². The van der Waals surface area contributed by atoms with Gasteiger partial charge in [0.2, 0.25) is 0 Å². The molecule has 0 heterocycles. The summed E-state index contributed by atoms with van der Waals surface area (Å²) in [5.41, 5.74) is 0.187. The Morgan fingerprint density at radius 3 is 2.58 bits per heavy atom. The third-order valence-electron chi connectivity index (χ3n) is 2.52. The quantitative estimate of drug-likeness (QED) is 0.684. The normalized spacial score (nSPS) is 11.8. The number of ether oxygens (including phenoxy) is 1. The summed E-state index contributed by atoms with van der Waals surface area (Å²) in [7, 11) is 1.25. The lowest BCUT2D eigenvalue weighted by molar-refractivity contribution is -0.144. The lowest BCUT2D eigenvalue weighted by Crippen LogP contribution is -2.39. The van der Waals surface area contributed by atoms with Gasteiger partial charge in [-0.05, 0) is 24.6 Å². The summed E-state index contributed by atoms with van der Waals surface area (Å²) in [5, 5.41) is 0.619. The van der Waals surface area contributed by atoms with E-state index in [9.17, 15) is 9.59 Å². The predicted octanol–water partition coefficient (Wildman–Crippen LogP) is 3.23. The Morgan fingerprint density at radius 2 is 2.05 bits per heavy atom. The number of benzene rings is 1. The number of amides is 1. The predicted molar refractivity (Wildman–Crippen MR) is 77.7 cm³/mol. The first-order valence-electron chi connectivity index (χ1n) is 5.47. The summed E-state index contributed by atoms with van der Waals surface area (Å²) in [4.78, 5) is 23.8. The molecular formula is C12H13Cl2NO3S. The van der Waals surface area contributed by atoms with Gasteiger partial charge in [-0.3, -0.25) is 9.10 Å². The molecule has 7 heteroatoms. The van der Waals surface area contributed by atoms with Gasteiger partial charge in [-0.15, -0.1) is 0 Å². The number of rotatable bonds is 4. The Bertz CT molecular complexity index is 496. The van der Waals surface area contributed by atoms with Crippen molar-refractivity contribution >= 4 is 47.9 Å². The van der Waals surface area contributed by atoms with E-state index in [4.69, 9.17) is 23.2 Å². The van der Waals surface area contributed by atoms with Crippen LogP contribution in [0.25, 0.3) is 0 Å². The molecule has 0 N–H and O–H groups in total. The molecule has 0 unspecified atom stereocenters. The van der Waals surface area contributed by atoms with Gasteiger partial charge in [0.15, 0.2) is 0 Å². The summed E-state index contributed by atoms with van der Waals surface area (Å²) in [5.74, 6) is -1.04. The number of carbonyl (C=O) groups is 2. The fourth-order valence-electron chi connectivity index (χ4n) is 1.50. The summed E-state index contributed by atoms with van der Waals surface area (Å²) in [6.07, 6.45) is 0.375. The van der Waals surface area contributed by atoms with Crippen molar-refractivity contribution in [3.63, 3.8) is 0 Å². The molecule has 19 heavy (non-hydrogen) atoms. The molecule has 0 radical (unpaired) electrons. The van der Waals surface area contributed by atoms with Gasteiger partial charge in [0.25, 0.3) is 5.91 Å². The summed E-state index contributed by atoms with van der Waals surface area (Å²) >= 11 is 15.8. The first kappa shape index (κ1) is 16.1. The number of hydrogen-bond acceptors (Lipinski definition) is 4. The molecule has 104 valence electrons. The molecular weight excluding hydrogens is 309 g/mol. The number of methoxy groups -OCH3 is 1. The highest BCUT2D eigenvalue weighted by molar-refractivity contribution is 7.78. The van der Waals surface area contributed by atoms with Crippen molar-refractivity contribution in [2.45, 2.75) is 19.4 Å². The van der Waals surface area contributed by atoms with Crippen LogP contribution in [0.5, 0.6) is 0 Å². The van der Waals surface area contributed by atoms with Gasteiger partial charge in [0.1, 0.15) is 6.04 Å². The number of carbonyl (C=O) groups excluding carboxylic acids is 2. The second-order valence-electron chi connectivity index (χ2n) is 3.72. The van der Waals surface area contributed by atoms with Crippen LogP contribution >= 0.6 is 36.0 Å². The fourth-order valence-corrected chi connectivity index (χ4v) is 2.24. The molecule has 0 aliphatic carbocycles. The maximum Gasteiger partial charge on any atom is 0.329 e. The van der Waals surface area contributed by atoms with Gasteiger partial charge in [-0.1, -0.05) is 42.9 Å². The SMILES string of the molecule is CC[C@@H](C(=O)OC)N(S)C(=O)c1cc(Cl)ccc1Cl. The van der Waals surface area contributed by atoms with Crippen molar-refractivity contribution in [2.24, 2.45) is 0 Å². The van der Waals surface area contributed by atoms with Gasteiger partial charge in [0.05, 0.1) is 17.7 Å². The monoisotopic (exact) mass is 321 g/mol. The van der Waals surface area contributed by atoms with E-state index in [1.165, 1.54) is 19.2 Å². The van der Waals surface area contributed by atoms with Crippen molar-refractivity contribution in [1.29, 1.82) is 0 Å². The van der Waals surface area contributed by atoms with Gasteiger partial charge in [-0.2, -0.15) is 0 Å². The topological polar surface area (TPSA) is 46.6 Å². The summed E-state index contributed by atoms with van der Waals surface area (Å²) in [6.45, 7) is 1.75. The lowest BCUT2D eigenvalue weighted by Gasteiger charge is -2.23. The van der Waals surface area contributed by atoms with Crippen molar-refractivity contribution in [3.05, 3.63) is 33.8 Å². The average molecular weight is 322 g/mol. The molecule has 1 aromatic carbocycles. The second kappa shape index (κ2) is 7.03. The molecule has 1 amide bonds. The van der Waals surface area contributed by atoms with E-state index in [-0.39, 0.29) is 10.6 Å².